The molecule has 0 aliphatic heterocycles. The van der Waals surface area contributed by atoms with Gasteiger partial charge in [0.1, 0.15) is 0 Å². The fourth-order valence-electron chi connectivity index (χ4n) is 1.03. The summed E-state index contributed by atoms with van der Waals surface area (Å²) in [6.07, 6.45) is 1.07. The van der Waals surface area contributed by atoms with Crippen LogP contribution in [0.5, 0.6) is 0 Å². The van der Waals surface area contributed by atoms with Gasteiger partial charge in [0, 0.05) is 6.54 Å². The first-order valence-corrected chi connectivity index (χ1v) is 5.60. The van der Waals surface area contributed by atoms with E-state index in [4.69, 9.17) is 11.6 Å². The Bertz CT molecular complexity index is 363. The Balaban J connectivity index is 2.64. The highest BCUT2D eigenvalue weighted by molar-refractivity contribution is 6.28. The van der Waals surface area contributed by atoms with E-state index in [1.165, 1.54) is 0 Å². The molecule has 0 saturated heterocycles. The van der Waals surface area contributed by atoms with Crippen molar-refractivity contribution in [3.63, 3.8) is 0 Å². The Morgan fingerprint density at radius 1 is 1.50 bits per heavy atom. The van der Waals surface area contributed by atoms with Crippen LogP contribution < -0.4 is 5.32 Å². The van der Waals surface area contributed by atoms with Crippen molar-refractivity contribution < 1.29 is 4.39 Å². The van der Waals surface area contributed by atoms with Crippen LogP contribution in [0.4, 0.5) is 10.2 Å². The summed E-state index contributed by atoms with van der Waals surface area (Å²) in [6.45, 7) is 9.18. The average molecular weight is 246 g/mol. The Labute approximate surface area is 100 Å². The predicted molar refractivity (Wildman–Crippen MR) is 64.1 cm³/mol. The zero-order chi connectivity index (χ0) is 12.3. The van der Waals surface area contributed by atoms with E-state index in [0.29, 0.717) is 12.5 Å². The molecule has 1 N–H and O–H groups in total. The van der Waals surface area contributed by atoms with Crippen LogP contribution in [-0.2, 0) is 0 Å². The first-order valence-electron chi connectivity index (χ1n) is 5.22. The molecule has 0 aliphatic carbocycles. The van der Waals surface area contributed by atoms with Gasteiger partial charge in [-0.2, -0.15) is 4.98 Å². The second-order valence-electron chi connectivity index (χ2n) is 4.98. The molecule has 1 unspecified atom stereocenters. The van der Waals surface area contributed by atoms with Crippen LogP contribution in [0.15, 0.2) is 6.20 Å². The quantitative estimate of drug-likeness (QED) is 0.830. The normalized spacial score (nSPS) is 13.6. The molecule has 0 saturated carbocycles. The topological polar surface area (TPSA) is 37.8 Å². The molecule has 0 aliphatic rings. The summed E-state index contributed by atoms with van der Waals surface area (Å²) in [5.41, 5.74) is 0.167. The molecule has 1 heterocycles. The minimum absolute atomic E-state index is 0.0484. The van der Waals surface area contributed by atoms with E-state index in [2.05, 4.69) is 43.0 Å². The minimum Gasteiger partial charge on any atom is -0.367 e. The van der Waals surface area contributed by atoms with Crippen LogP contribution in [0.25, 0.3) is 0 Å². The molecule has 0 amide bonds. The number of aromatic nitrogens is 2. The minimum atomic E-state index is -0.481. The van der Waals surface area contributed by atoms with Gasteiger partial charge in [0.2, 0.25) is 5.28 Å². The summed E-state index contributed by atoms with van der Waals surface area (Å²) in [6, 6.07) is 0. The van der Waals surface area contributed by atoms with Crippen molar-refractivity contribution in [3.8, 4) is 0 Å². The zero-order valence-corrected chi connectivity index (χ0v) is 10.8. The Hall–Kier alpha value is -0.900. The maximum absolute atomic E-state index is 13.3. The summed E-state index contributed by atoms with van der Waals surface area (Å²) < 4.78 is 13.3. The van der Waals surface area contributed by atoms with Crippen LogP contribution in [0.3, 0.4) is 0 Å². The van der Waals surface area contributed by atoms with Crippen molar-refractivity contribution in [2.45, 2.75) is 27.7 Å². The van der Waals surface area contributed by atoms with Crippen molar-refractivity contribution >= 4 is 17.4 Å². The number of nitrogens with one attached hydrogen (secondary N) is 1. The molecule has 5 heteroatoms. The lowest BCUT2D eigenvalue weighted by molar-refractivity contribution is 0.274. The van der Waals surface area contributed by atoms with Crippen LogP contribution in [0.1, 0.15) is 27.7 Å². The summed E-state index contributed by atoms with van der Waals surface area (Å²) in [7, 11) is 0. The summed E-state index contributed by atoms with van der Waals surface area (Å²) in [5.74, 6) is 0.0715. The summed E-state index contributed by atoms with van der Waals surface area (Å²) in [5, 5.41) is 3.00. The van der Waals surface area contributed by atoms with Crippen molar-refractivity contribution in [3.05, 3.63) is 17.3 Å². The Morgan fingerprint density at radius 2 is 2.12 bits per heavy atom. The van der Waals surface area contributed by atoms with Crippen LogP contribution in [0.2, 0.25) is 5.28 Å². The molecular weight excluding hydrogens is 229 g/mol. The molecule has 0 radical (unpaired) electrons. The molecule has 1 aromatic rings. The van der Waals surface area contributed by atoms with Gasteiger partial charge in [0.25, 0.3) is 0 Å². The van der Waals surface area contributed by atoms with Gasteiger partial charge in [0.15, 0.2) is 11.6 Å². The fraction of sp³-hybridized carbons (Fsp3) is 0.636. The number of rotatable bonds is 3. The zero-order valence-electron chi connectivity index (χ0n) is 10.0. The third kappa shape index (κ3) is 3.59. The maximum atomic E-state index is 13.3. The molecule has 3 nitrogen and oxygen atoms in total. The number of anilines is 1. The third-order valence-corrected chi connectivity index (χ3v) is 2.95. The van der Waals surface area contributed by atoms with Gasteiger partial charge in [-0.25, -0.2) is 9.37 Å². The monoisotopic (exact) mass is 245 g/mol. The molecule has 0 aromatic carbocycles. The van der Waals surface area contributed by atoms with Crippen molar-refractivity contribution in [2.75, 3.05) is 11.9 Å². The number of nitrogens with zero attached hydrogens (tertiary/aromatic N) is 2. The molecule has 16 heavy (non-hydrogen) atoms. The Kier molecular flexibility index (Phi) is 4.08. The van der Waals surface area contributed by atoms with E-state index in [9.17, 15) is 4.39 Å². The van der Waals surface area contributed by atoms with Gasteiger partial charge in [-0.3, -0.25) is 0 Å². The van der Waals surface area contributed by atoms with Crippen molar-refractivity contribution in [1.29, 1.82) is 0 Å². The van der Waals surface area contributed by atoms with E-state index in [0.717, 1.165) is 6.20 Å². The van der Waals surface area contributed by atoms with Crippen molar-refractivity contribution in [1.82, 2.24) is 9.97 Å². The molecule has 90 valence electrons. The predicted octanol–water partition coefficient (Wildman–Crippen LogP) is 3.36. The lowest BCUT2D eigenvalue weighted by Gasteiger charge is -2.27. The van der Waals surface area contributed by atoms with Crippen LogP contribution in [-0.4, -0.2) is 16.5 Å². The second-order valence-corrected chi connectivity index (χ2v) is 5.32. The largest absolute Gasteiger partial charge is 0.367 e. The second kappa shape index (κ2) is 4.95. The van der Waals surface area contributed by atoms with E-state index >= 15 is 0 Å². The van der Waals surface area contributed by atoms with Gasteiger partial charge >= 0.3 is 0 Å². The Morgan fingerprint density at radius 3 is 2.69 bits per heavy atom. The van der Waals surface area contributed by atoms with Gasteiger partial charge in [-0.1, -0.05) is 27.7 Å². The number of hydrogen-bond acceptors (Lipinski definition) is 3. The van der Waals surface area contributed by atoms with E-state index in [-0.39, 0.29) is 16.5 Å². The molecule has 0 spiro atoms. The smallest absolute Gasteiger partial charge is 0.224 e. The lowest BCUT2D eigenvalue weighted by Crippen LogP contribution is -2.25. The van der Waals surface area contributed by atoms with Gasteiger partial charge in [-0.05, 0) is 22.9 Å². The number of hydrogen-bond donors (Lipinski definition) is 1. The lowest BCUT2D eigenvalue weighted by atomic mass is 9.82. The highest BCUT2D eigenvalue weighted by Crippen LogP contribution is 2.25. The van der Waals surface area contributed by atoms with Gasteiger partial charge < -0.3 is 5.32 Å². The molecule has 0 fully saturated rings. The first kappa shape index (κ1) is 13.2. The SMILES string of the molecule is CC(CNc1nc(Cl)ncc1F)C(C)(C)C. The standard InChI is InChI=1S/C11H17ClFN3/c1-7(11(2,3)4)5-14-9-8(13)6-15-10(12)16-9/h6-7H,5H2,1-4H3,(H,14,15,16). The number of halogens is 2. The molecule has 0 bridgehead atoms. The van der Waals surface area contributed by atoms with Crippen LogP contribution in [0, 0.1) is 17.2 Å². The van der Waals surface area contributed by atoms with Gasteiger partial charge in [-0.15, -0.1) is 0 Å². The highest BCUT2D eigenvalue weighted by atomic mass is 35.5. The van der Waals surface area contributed by atoms with E-state index in [1.807, 2.05) is 0 Å². The van der Waals surface area contributed by atoms with E-state index in [1.54, 1.807) is 0 Å². The highest BCUT2D eigenvalue weighted by Gasteiger charge is 2.20. The summed E-state index contributed by atoms with van der Waals surface area (Å²) >= 11 is 5.59. The van der Waals surface area contributed by atoms with Gasteiger partial charge in [0.05, 0.1) is 6.20 Å². The van der Waals surface area contributed by atoms with Crippen LogP contribution >= 0.6 is 11.6 Å². The molecular formula is C11H17ClFN3. The molecule has 1 aromatic heterocycles. The molecule has 1 atom stereocenters. The van der Waals surface area contributed by atoms with Crippen molar-refractivity contribution in [2.24, 2.45) is 11.3 Å². The maximum Gasteiger partial charge on any atom is 0.224 e. The third-order valence-electron chi connectivity index (χ3n) is 2.77. The molecule has 1 rings (SSSR count). The average Bonchev–Trinajstić information content (AvgIpc) is 2.17. The first-order chi connectivity index (χ1) is 7.30. The fourth-order valence-corrected chi connectivity index (χ4v) is 1.16. The summed E-state index contributed by atoms with van der Waals surface area (Å²) in [4.78, 5) is 7.35. The van der Waals surface area contributed by atoms with E-state index < -0.39 is 5.82 Å².